The summed E-state index contributed by atoms with van der Waals surface area (Å²) in [5.74, 6) is 0.521. The average molecular weight is 286 g/mol. The first kappa shape index (κ1) is 13.5. The summed E-state index contributed by atoms with van der Waals surface area (Å²) in [6, 6.07) is 7.80. The zero-order valence-corrected chi connectivity index (χ0v) is 11.6. The Labute approximate surface area is 121 Å². The van der Waals surface area contributed by atoms with Crippen LogP contribution in [0.5, 0.6) is 0 Å². The summed E-state index contributed by atoms with van der Waals surface area (Å²) in [7, 11) is 0. The lowest BCUT2D eigenvalue weighted by Crippen LogP contribution is -2.26. The standard InChI is InChI=1S/C15H15FN4O/c1-9-17-13(15(21)20-12-6-7-12)8-14(18-9)19-11-4-2-10(16)3-5-11/h2-5,8,12H,6-7H2,1H3,(H,20,21)(H,17,18,19). The zero-order valence-electron chi connectivity index (χ0n) is 11.6. The summed E-state index contributed by atoms with van der Waals surface area (Å²) in [6.07, 6.45) is 2.05. The molecular weight excluding hydrogens is 271 g/mol. The van der Waals surface area contributed by atoms with Crippen molar-refractivity contribution in [2.24, 2.45) is 0 Å². The summed E-state index contributed by atoms with van der Waals surface area (Å²) in [6.45, 7) is 1.73. The molecule has 0 saturated heterocycles. The first-order chi connectivity index (χ1) is 10.1. The lowest BCUT2D eigenvalue weighted by molar-refractivity contribution is 0.0945. The van der Waals surface area contributed by atoms with Crippen LogP contribution in [0.1, 0.15) is 29.2 Å². The van der Waals surface area contributed by atoms with Crippen LogP contribution in [0.2, 0.25) is 0 Å². The van der Waals surface area contributed by atoms with Crippen molar-refractivity contribution in [3.63, 3.8) is 0 Å². The number of carbonyl (C=O) groups is 1. The lowest BCUT2D eigenvalue weighted by Gasteiger charge is -2.09. The Morgan fingerprint density at radius 2 is 1.95 bits per heavy atom. The predicted molar refractivity (Wildman–Crippen MR) is 76.9 cm³/mol. The maximum absolute atomic E-state index is 12.9. The molecule has 108 valence electrons. The topological polar surface area (TPSA) is 66.9 Å². The van der Waals surface area contributed by atoms with Gasteiger partial charge in [0.2, 0.25) is 0 Å². The summed E-state index contributed by atoms with van der Waals surface area (Å²) in [5.41, 5.74) is 1.03. The molecule has 1 saturated carbocycles. The van der Waals surface area contributed by atoms with Crippen LogP contribution in [0.15, 0.2) is 30.3 Å². The number of rotatable bonds is 4. The van der Waals surface area contributed by atoms with Gasteiger partial charge in [0.15, 0.2) is 0 Å². The highest BCUT2D eigenvalue weighted by Crippen LogP contribution is 2.20. The molecular formula is C15H15FN4O. The number of carbonyl (C=O) groups excluding carboxylic acids is 1. The first-order valence-corrected chi connectivity index (χ1v) is 6.79. The second-order valence-corrected chi connectivity index (χ2v) is 5.07. The van der Waals surface area contributed by atoms with Crippen LogP contribution in [-0.4, -0.2) is 21.9 Å². The number of aryl methyl sites for hydroxylation is 1. The van der Waals surface area contributed by atoms with Crippen molar-refractivity contribution in [1.82, 2.24) is 15.3 Å². The molecule has 1 heterocycles. The van der Waals surface area contributed by atoms with Gasteiger partial charge in [-0.05, 0) is 44.0 Å². The quantitative estimate of drug-likeness (QED) is 0.906. The van der Waals surface area contributed by atoms with E-state index in [1.165, 1.54) is 12.1 Å². The highest BCUT2D eigenvalue weighted by Gasteiger charge is 2.24. The van der Waals surface area contributed by atoms with Gasteiger partial charge < -0.3 is 10.6 Å². The molecule has 0 aliphatic heterocycles. The molecule has 1 fully saturated rings. The molecule has 5 nitrogen and oxygen atoms in total. The van der Waals surface area contributed by atoms with E-state index >= 15 is 0 Å². The van der Waals surface area contributed by atoms with Gasteiger partial charge >= 0.3 is 0 Å². The fourth-order valence-corrected chi connectivity index (χ4v) is 1.92. The minimum absolute atomic E-state index is 0.190. The summed E-state index contributed by atoms with van der Waals surface area (Å²) >= 11 is 0. The Kier molecular flexibility index (Phi) is 3.51. The van der Waals surface area contributed by atoms with Crippen LogP contribution in [-0.2, 0) is 0 Å². The van der Waals surface area contributed by atoms with Crippen LogP contribution < -0.4 is 10.6 Å². The second-order valence-electron chi connectivity index (χ2n) is 5.07. The van der Waals surface area contributed by atoms with Crippen molar-refractivity contribution in [1.29, 1.82) is 0 Å². The molecule has 1 aliphatic rings. The molecule has 2 aromatic rings. The van der Waals surface area contributed by atoms with E-state index in [0.29, 0.717) is 23.0 Å². The van der Waals surface area contributed by atoms with Crippen LogP contribution in [0.25, 0.3) is 0 Å². The normalized spacial score (nSPS) is 13.8. The number of benzene rings is 1. The maximum Gasteiger partial charge on any atom is 0.270 e. The van der Waals surface area contributed by atoms with Crippen LogP contribution in [0.3, 0.4) is 0 Å². The molecule has 1 aromatic heterocycles. The molecule has 2 N–H and O–H groups in total. The number of nitrogens with zero attached hydrogens (tertiary/aromatic N) is 2. The number of nitrogens with one attached hydrogen (secondary N) is 2. The van der Waals surface area contributed by atoms with Crippen molar-refractivity contribution in [2.45, 2.75) is 25.8 Å². The number of hydrogen-bond donors (Lipinski definition) is 2. The van der Waals surface area contributed by atoms with E-state index in [1.807, 2.05) is 0 Å². The Bertz CT molecular complexity index is 668. The van der Waals surface area contributed by atoms with Crippen molar-refractivity contribution in [2.75, 3.05) is 5.32 Å². The van der Waals surface area contributed by atoms with Gasteiger partial charge in [-0.15, -0.1) is 0 Å². The van der Waals surface area contributed by atoms with Crippen LogP contribution in [0, 0.1) is 12.7 Å². The monoisotopic (exact) mass is 286 g/mol. The molecule has 6 heteroatoms. The minimum Gasteiger partial charge on any atom is -0.348 e. The van der Waals surface area contributed by atoms with Gasteiger partial charge in [0.25, 0.3) is 5.91 Å². The van der Waals surface area contributed by atoms with E-state index in [9.17, 15) is 9.18 Å². The number of aromatic nitrogens is 2. The SMILES string of the molecule is Cc1nc(Nc2ccc(F)cc2)cc(C(=O)NC2CC2)n1. The number of hydrogen-bond acceptors (Lipinski definition) is 4. The van der Waals surface area contributed by atoms with Crippen LogP contribution in [0.4, 0.5) is 15.9 Å². The zero-order chi connectivity index (χ0) is 14.8. The Morgan fingerprint density at radius 1 is 1.24 bits per heavy atom. The maximum atomic E-state index is 12.9. The fourth-order valence-electron chi connectivity index (χ4n) is 1.92. The Balaban J connectivity index is 1.79. The summed E-state index contributed by atoms with van der Waals surface area (Å²) in [4.78, 5) is 20.4. The molecule has 1 aliphatic carbocycles. The predicted octanol–water partition coefficient (Wildman–Crippen LogP) is 2.56. The highest BCUT2D eigenvalue weighted by atomic mass is 19.1. The van der Waals surface area contributed by atoms with Gasteiger partial charge in [0.1, 0.15) is 23.2 Å². The molecule has 1 amide bonds. The largest absolute Gasteiger partial charge is 0.348 e. The van der Waals surface area contributed by atoms with Gasteiger partial charge in [-0.2, -0.15) is 0 Å². The van der Waals surface area contributed by atoms with E-state index in [-0.39, 0.29) is 17.8 Å². The number of amides is 1. The van der Waals surface area contributed by atoms with E-state index in [1.54, 1.807) is 25.1 Å². The summed E-state index contributed by atoms with van der Waals surface area (Å²) in [5, 5.41) is 5.93. The number of halogens is 1. The van der Waals surface area contributed by atoms with Gasteiger partial charge in [-0.1, -0.05) is 0 Å². The van der Waals surface area contributed by atoms with Gasteiger partial charge in [-0.25, -0.2) is 14.4 Å². The van der Waals surface area contributed by atoms with E-state index < -0.39 is 0 Å². The van der Waals surface area contributed by atoms with E-state index in [2.05, 4.69) is 20.6 Å². The van der Waals surface area contributed by atoms with Crippen molar-refractivity contribution in [3.8, 4) is 0 Å². The van der Waals surface area contributed by atoms with Crippen LogP contribution >= 0.6 is 0 Å². The van der Waals surface area contributed by atoms with Gasteiger partial charge in [0.05, 0.1) is 0 Å². The molecule has 0 atom stereocenters. The van der Waals surface area contributed by atoms with Crippen molar-refractivity contribution >= 4 is 17.4 Å². The van der Waals surface area contributed by atoms with Crippen molar-refractivity contribution in [3.05, 3.63) is 47.7 Å². The molecule has 1 aromatic carbocycles. The van der Waals surface area contributed by atoms with Gasteiger partial charge in [-0.3, -0.25) is 4.79 Å². The van der Waals surface area contributed by atoms with E-state index in [0.717, 1.165) is 12.8 Å². The first-order valence-electron chi connectivity index (χ1n) is 6.79. The third-order valence-electron chi connectivity index (χ3n) is 3.10. The van der Waals surface area contributed by atoms with Crippen molar-refractivity contribution < 1.29 is 9.18 Å². The Hall–Kier alpha value is -2.50. The smallest absolute Gasteiger partial charge is 0.270 e. The number of anilines is 2. The Morgan fingerprint density at radius 3 is 2.62 bits per heavy atom. The minimum atomic E-state index is -0.302. The second kappa shape index (κ2) is 5.47. The van der Waals surface area contributed by atoms with E-state index in [4.69, 9.17) is 0 Å². The molecule has 0 unspecified atom stereocenters. The summed E-state index contributed by atoms with van der Waals surface area (Å²) < 4.78 is 12.9. The molecule has 21 heavy (non-hydrogen) atoms. The average Bonchev–Trinajstić information content (AvgIpc) is 3.25. The molecule has 0 bridgehead atoms. The molecule has 0 spiro atoms. The molecule has 3 rings (SSSR count). The third kappa shape index (κ3) is 3.53. The fraction of sp³-hybridized carbons (Fsp3) is 0.267. The molecule has 0 radical (unpaired) electrons. The lowest BCUT2D eigenvalue weighted by atomic mass is 10.3. The highest BCUT2D eigenvalue weighted by molar-refractivity contribution is 5.93. The van der Waals surface area contributed by atoms with Gasteiger partial charge in [0, 0.05) is 17.8 Å². The third-order valence-corrected chi connectivity index (χ3v) is 3.10.